The Hall–Kier alpha value is -3.53. The summed E-state index contributed by atoms with van der Waals surface area (Å²) in [6.45, 7) is 1.98. The van der Waals surface area contributed by atoms with Gasteiger partial charge < -0.3 is 11.1 Å². The number of rotatable bonds is 3. The third kappa shape index (κ3) is 2.82. The van der Waals surface area contributed by atoms with Gasteiger partial charge in [0.15, 0.2) is 0 Å². The molecule has 3 aromatic heterocycles. The van der Waals surface area contributed by atoms with Crippen LogP contribution in [0.4, 0.5) is 11.6 Å². The van der Waals surface area contributed by atoms with Gasteiger partial charge in [-0.3, -0.25) is 9.78 Å². The van der Waals surface area contributed by atoms with E-state index in [1.54, 1.807) is 24.7 Å². The minimum Gasteiger partial charge on any atom is -0.383 e. The highest BCUT2D eigenvalue weighted by molar-refractivity contribution is 5.98. The minimum atomic E-state index is -0.242. The normalized spacial score (nSPS) is 18.3. The highest BCUT2D eigenvalue weighted by Crippen LogP contribution is 2.38. The lowest BCUT2D eigenvalue weighted by Gasteiger charge is -2.10. The summed E-state index contributed by atoms with van der Waals surface area (Å²) in [7, 11) is 0. The van der Waals surface area contributed by atoms with Crippen molar-refractivity contribution in [3.63, 3.8) is 0 Å². The van der Waals surface area contributed by atoms with Gasteiger partial charge in [-0.15, -0.1) is 0 Å². The van der Waals surface area contributed by atoms with Crippen molar-refractivity contribution in [1.29, 1.82) is 5.26 Å². The second-order valence-electron chi connectivity index (χ2n) is 6.44. The lowest BCUT2D eigenvalue weighted by molar-refractivity contribution is -0.117. The molecule has 7 heteroatoms. The lowest BCUT2D eigenvalue weighted by Crippen LogP contribution is -2.15. The number of pyridine rings is 3. The number of hydrogen-bond acceptors (Lipinski definition) is 6. The second kappa shape index (κ2) is 6.08. The van der Waals surface area contributed by atoms with Gasteiger partial charge in [0, 0.05) is 29.5 Å². The fraction of sp³-hybridized carbons (Fsp3) is 0.211. The quantitative estimate of drug-likeness (QED) is 0.754. The summed E-state index contributed by atoms with van der Waals surface area (Å²) in [6, 6.07) is 7.70. The van der Waals surface area contributed by atoms with Crippen LogP contribution in [0, 0.1) is 30.1 Å². The van der Waals surface area contributed by atoms with Crippen molar-refractivity contribution in [3.05, 3.63) is 42.4 Å². The number of nitriles is 1. The Kier molecular flexibility index (Phi) is 3.73. The molecule has 2 atom stereocenters. The van der Waals surface area contributed by atoms with E-state index in [0.29, 0.717) is 18.1 Å². The predicted molar refractivity (Wildman–Crippen MR) is 97.8 cm³/mol. The summed E-state index contributed by atoms with van der Waals surface area (Å²) in [5.41, 5.74) is 8.76. The van der Waals surface area contributed by atoms with Gasteiger partial charge in [-0.2, -0.15) is 5.26 Å². The van der Waals surface area contributed by atoms with Gasteiger partial charge in [0.2, 0.25) is 5.91 Å². The largest absolute Gasteiger partial charge is 0.383 e. The number of aromatic nitrogens is 3. The monoisotopic (exact) mass is 344 g/mol. The first-order chi connectivity index (χ1) is 12.6. The van der Waals surface area contributed by atoms with E-state index in [0.717, 1.165) is 27.6 Å². The van der Waals surface area contributed by atoms with E-state index in [4.69, 9.17) is 11.0 Å². The highest BCUT2D eigenvalue weighted by atomic mass is 16.2. The first kappa shape index (κ1) is 16.0. The summed E-state index contributed by atoms with van der Waals surface area (Å²) in [5.74, 6) is 0.209. The molecule has 0 aliphatic heterocycles. The van der Waals surface area contributed by atoms with Crippen molar-refractivity contribution in [2.24, 2.45) is 11.8 Å². The minimum absolute atomic E-state index is 0.172. The number of aryl methyl sites for hydroxylation is 1. The highest BCUT2D eigenvalue weighted by Gasteiger charge is 2.43. The summed E-state index contributed by atoms with van der Waals surface area (Å²) >= 11 is 0. The molecule has 0 bridgehead atoms. The van der Waals surface area contributed by atoms with E-state index < -0.39 is 0 Å². The van der Waals surface area contributed by atoms with E-state index in [9.17, 15) is 4.79 Å². The van der Waals surface area contributed by atoms with Crippen LogP contribution >= 0.6 is 0 Å². The van der Waals surface area contributed by atoms with E-state index in [1.807, 2.05) is 19.1 Å². The molecule has 1 aliphatic rings. The molecule has 1 fully saturated rings. The Balaban J connectivity index is 1.70. The molecule has 3 N–H and O–H groups in total. The number of anilines is 2. The molecule has 4 rings (SSSR count). The molecule has 1 aliphatic carbocycles. The molecule has 1 amide bonds. The zero-order valence-electron chi connectivity index (χ0n) is 14.1. The van der Waals surface area contributed by atoms with Crippen molar-refractivity contribution >= 4 is 28.3 Å². The average molecular weight is 344 g/mol. The Bertz CT molecular complexity index is 1070. The number of nitrogens with zero attached hydrogens (tertiary/aromatic N) is 4. The molecule has 0 saturated heterocycles. The van der Waals surface area contributed by atoms with Crippen LogP contribution < -0.4 is 11.1 Å². The van der Waals surface area contributed by atoms with Crippen molar-refractivity contribution in [1.82, 2.24) is 15.0 Å². The Morgan fingerprint density at radius 3 is 2.96 bits per heavy atom. The topological polar surface area (TPSA) is 118 Å². The maximum atomic E-state index is 12.1. The van der Waals surface area contributed by atoms with Gasteiger partial charge in [0.1, 0.15) is 11.6 Å². The number of amides is 1. The Labute approximate surface area is 149 Å². The van der Waals surface area contributed by atoms with Gasteiger partial charge in [-0.1, -0.05) is 0 Å². The fourth-order valence-electron chi connectivity index (χ4n) is 2.96. The van der Waals surface area contributed by atoms with Crippen LogP contribution in [0.25, 0.3) is 22.0 Å². The Morgan fingerprint density at radius 2 is 2.23 bits per heavy atom. The van der Waals surface area contributed by atoms with Crippen molar-refractivity contribution in [3.8, 4) is 17.3 Å². The van der Waals surface area contributed by atoms with Gasteiger partial charge in [-0.05, 0) is 42.5 Å². The predicted octanol–water partition coefficient (Wildman–Crippen LogP) is 2.68. The molecular weight excluding hydrogens is 328 g/mol. The van der Waals surface area contributed by atoms with Crippen LogP contribution in [0.2, 0.25) is 0 Å². The molecule has 26 heavy (non-hydrogen) atoms. The Morgan fingerprint density at radius 1 is 1.38 bits per heavy atom. The lowest BCUT2D eigenvalue weighted by atomic mass is 10.1. The second-order valence-corrected chi connectivity index (χ2v) is 6.44. The molecule has 0 aromatic carbocycles. The standard InChI is InChI=1S/C19H16N6O/c1-10-2-3-22-8-14(10)16-5-11-6-17(23-9-15(11)18(21)24-16)25-19(26)13-4-12(13)7-20/h2-3,5-6,8-9,12-13H,4H2,1H3,(H2,21,24)(H,23,25,26). The van der Waals surface area contributed by atoms with E-state index in [1.165, 1.54) is 0 Å². The first-order valence-electron chi connectivity index (χ1n) is 8.24. The number of carbonyl (C=O) groups excluding carboxylic acids is 1. The van der Waals surface area contributed by atoms with Gasteiger partial charge in [0.25, 0.3) is 0 Å². The third-order valence-corrected chi connectivity index (χ3v) is 4.60. The summed E-state index contributed by atoms with van der Waals surface area (Å²) in [5, 5.41) is 13.2. The molecule has 1 saturated carbocycles. The number of nitrogen functional groups attached to an aromatic ring is 1. The van der Waals surface area contributed by atoms with E-state index in [2.05, 4.69) is 26.3 Å². The number of hydrogen-bond donors (Lipinski definition) is 2. The molecule has 2 unspecified atom stereocenters. The number of fused-ring (bicyclic) bond motifs is 1. The molecular formula is C19H16N6O. The van der Waals surface area contributed by atoms with Crippen LogP contribution in [-0.2, 0) is 4.79 Å². The van der Waals surface area contributed by atoms with Crippen LogP contribution in [0.3, 0.4) is 0 Å². The zero-order chi connectivity index (χ0) is 18.3. The SMILES string of the molecule is Cc1ccncc1-c1cc2cc(NC(=O)C3CC3C#N)ncc2c(N)n1. The molecule has 7 nitrogen and oxygen atoms in total. The third-order valence-electron chi connectivity index (χ3n) is 4.60. The van der Waals surface area contributed by atoms with Gasteiger partial charge in [-0.25, -0.2) is 9.97 Å². The number of nitrogens with one attached hydrogen (secondary N) is 1. The average Bonchev–Trinajstić information content (AvgIpc) is 3.42. The first-order valence-corrected chi connectivity index (χ1v) is 8.24. The molecule has 0 spiro atoms. The molecule has 3 aromatic rings. The summed E-state index contributed by atoms with van der Waals surface area (Å²) in [6.07, 6.45) is 5.69. The van der Waals surface area contributed by atoms with Crippen LogP contribution in [-0.4, -0.2) is 20.9 Å². The summed E-state index contributed by atoms with van der Waals surface area (Å²) < 4.78 is 0. The van der Waals surface area contributed by atoms with Gasteiger partial charge in [0.05, 0.1) is 23.6 Å². The van der Waals surface area contributed by atoms with Crippen LogP contribution in [0.15, 0.2) is 36.8 Å². The summed E-state index contributed by atoms with van der Waals surface area (Å²) in [4.78, 5) is 25.0. The zero-order valence-corrected chi connectivity index (χ0v) is 14.1. The van der Waals surface area contributed by atoms with Crippen molar-refractivity contribution < 1.29 is 4.79 Å². The van der Waals surface area contributed by atoms with E-state index >= 15 is 0 Å². The smallest absolute Gasteiger partial charge is 0.230 e. The van der Waals surface area contributed by atoms with Gasteiger partial charge >= 0.3 is 0 Å². The maximum Gasteiger partial charge on any atom is 0.230 e. The fourth-order valence-corrected chi connectivity index (χ4v) is 2.96. The number of carbonyl (C=O) groups is 1. The molecule has 0 radical (unpaired) electrons. The number of nitrogens with two attached hydrogens (primary N) is 1. The molecule has 128 valence electrons. The van der Waals surface area contributed by atoms with E-state index in [-0.39, 0.29) is 17.7 Å². The van der Waals surface area contributed by atoms with Crippen molar-refractivity contribution in [2.75, 3.05) is 11.1 Å². The molecule has 3 heterocycles. The van der Waals surface area contributed by atoms with Crippen LogP contribution in [0.5, 0.6) is 0 Å². The van der Waals surface area contributed by atoms with Crippen LogP contribution in [0.1, 0.15) is 12.0 Å². The van der Waals surface area contributed by atoms with Crippen molar-refractivity contribution in [2.45, 2.75) is 13.3 Å². The maximum absolute atomic E-state index is 12.1.